The van der Waals surface area contributed by atoms with E-state index in [2.05, 4.69) is 5.16 Å². The van der Waals surface area contributed by atoms with Crippen molar-refractivity contribution in [1.82, 2.24) is 4.90 Å². The van der Waals surface area contributed by atoms with E-state index in [1.807, 2.05) is 35.2 Å². The van der Waals surface area contributed by atoms with Crippen LogP contribution < -0.4 is 0 Å². The fraction of sp³-hybridized carbons (Fsp3) is 0.391. The number of hydrogen-bond acceptors (Lipinski definition) is 3. The predicted molar refractivity (Wildman–Crippen MR) is 121 cm³/mol. The second kappa shape index (κ2) is 9.59. The molecular formula is C23H23Cl3N2O2. The average Bonchev–Trinajstić information content (AvgIpc) is 3.41. The van der Waals surface area contributed by atoms with E-state index in [4.69, 9.17) is 39.6 Å². The third kappa shape index (κ3) is 5.11. The third-order valence-corrected chi connectivity index (χ3v) is 6.66. The maximum absolute atomic E-state index is 13.2. The van der Waals surface area contributed by atoms with Crippen molar-refractivity contribution in [3.63, 3.8) is 0 Å². The Kier molecular flexibility index (Phi) is 6.87. The number of hydrogen-bond donors (Lipinski definition) is 0. The second-order valence-corrected chi connectivity index (χ2v) is 9.18. The lowest BCUT2D eigenvalue weighted by Gasteiger charge is -2.27. The Hall–Kier alpha value is -1.75. The van der Waals surface area contributed by atoms with Gasteiger partial charge in [0.2, 0.25) is 5.91 Å². The number of benzene rings is 2. The first kappa shape index (κ1) is 21.5. The van der Waals surface area contributed by atoms with Crippen LogP contribution in [0.15, 0.2) is 47.6 Å². The molecule has 0 radical (unpaired) electrons. The highest BCUT2D eigenvalue weighted by Gasteiger charge is 2.31. The topological polar surface area (TPSA) is 41.9 Å². The van der Waals surface area contributed by atoms with Crippen molar-refractivity contribution in [2.75, 3.05) is 6.54 Å². The third-order valence-electron chi connectivity index (χ3n) is 5.69. The van der Waals surface area contributed by atoms with Crippen LogP contribution in [0.4, 0.5) is 0 Å². The van der Waals surface area contributed by atoms with Gasteiger partial charge in [0.1, 0.15) is 0 Å². The monoisotopic (exact) mass is 464 g/mol. The van der Waals surface area contributed by atoms with Crippen LogP contribution in [-0.4, -0.2) is 29.2 Å². The van der Waals surface area contributed by atoms with E-state index in [-0.39, 0.29) is 17.9 Å². The van der Waals surface area contributed by atoms with Crippen molar-refractivity contribution in [2.24, 2.45) is 11.1 Å². The van der Waals surface area contributed by atoms with Crippen molar-refractivity contribution < 1.29 is 9.63 Å². The van der Waals surface area contributed by atoms with E-state index in [1.54, 1.807) is 12.1 Å². The Labute approximate surface area is 191 Å². The number of oxime groups is 1. The summed E-state index contributed by atoms with van der Waals surface area (Å²) in [7, 11) is 0. The van der Waals surface area contributed by atoms with Gasteiger partial charge in [0, 0.05) is 29.5 Å². The molecule has 0 bridgehead atoms. The molecule has 1 aliphatic carbocycles. The molecule has 2 aromatic rings. The number of carbonyl (C=O) groups is 1. The zero-order valence-corrected chi connectivity index (χ0v) is 18.8. The highest BCUT2D eigenvalue weighted by atomic mass is 35.5. The predicted octanol–water partition coefficient (Wildman–Crippen LogP) is 6.36. The standard InChI is InChI=1S/C23H23Cl3N2O2/c24-18-7-3-4-15(10-18)13-28(23(29)16-5-1-2-6-16)14-19-12-22(27-30-19)17-8-9-20(25)21(26)11-17/h3-4,7-11,16,19H,1-2,5-6,12-14H2/t19-/m0/s1. The number of nitrogens with zero attached hydrogens (tertiary/aromatic N) is 2. The second-order valence-electron chi connectivity index (χ2n) is 7.93. The Morgan fingerprint density at radius 1 is 1.07 bits per heavy atom. The van der Waals surface area contributed by atoms with Crippen LogP contribution >= 0.6 is 34.8 Å². The molecule has 1 atom stereocenters. The molecule has 2 aromatic carbocycles. The van der Waals surface area contributed by atoms with E-state index < -0.39 is 0 Å². The van der Waals surface area contributed by atoms with Crippen LogP contribution in [0.25, 0.3) is 0 Å². The Bertz CT molecular complexity index is 957. The first-order valence-electron chi connectivity index (χ1n) is 10.2. The molecule has 0 N–H and O–H groups in total. The fourth-order valence-electron chi connectivity index (χ4n) is 4.14. The van der Waals surface area contributed by atoms with Crippen LogP contribution in [0.1, 0.15) is 43.2 Å². The first-order chi connectivity index (χ1) is 14.5. The highest BCUT2D eigenvalue weighted by molar-refractivity contribution is 6.42. The Morgan fingerprint density at radius 2 is 1.87 bits per heavy atom. The SMILES string of the molecule is O=C(C1CCCC1)N(Cc1cccc(Cl)c1)C[C@@H]1CC(c2ccc(Cl)c(Cl)c2)=NO1. The zero-order valence-electron chi connectivity index (χ0n) is 16.5. The van der Waals surface area contributed by atoms with E-state index >= 15 is 0 Å². The Balaban J connectivity index is 1.46. The molecule has 1 fully saturated rings. The smallest absolute Gasteiger partial charge is 0.226 e. The van der Waals surface area contributed by atoms with E-state index in [9.17, 15) is 4.79 Å². The molecule has 0 saturated heterocycles. The summed E-state index contributed by atoms with van der Waals surface area (Å²) in [6, 6.07) is 13.1. The Morgan fingerprint density at radius 3 is 2.60 bits per heavy atom. The number of amides is 1. The lowest BCUT2D eigenvalue weighted by Crippen LogP contribution is -2.40. The molecule has 0 unspecified atom stereocenters. The summed E-state index contributed by atoms with van der Waals surface area (Å²) in [6.45, 7) is 0.994. The summed E-state index contributed by atoms with van der Waals surface area (Å²) in [5.41, 5.74) is 2.71. The molecule has 158 valence electrons. The largest absolute Gasteiger partial charge is 0.390 e. The summed E-state index contributed by atoms with van der Waals surface area (Å²) in [6.07, 6.45) is 4.57. The summed E-state index contributed by atoms with van der Waals surface area (Å²) in [5.74, 6) is 0.292. The quantitative estimate of drug-likeness (QED) is 0.498. The van der Waals surface area contributed by atoms with Gasteiger partial charge in [-0.15, -0.1) is 0 Å². The molecular weight excluding hydrogens is 443 g/mol. The van der Waals surface area contributed by atoms with E-state index in [0.29, 0.717) is 34.6 Å². The van der Waals surface area contributed by atoms with Gasteiger partial charge < -0.3 is 9.74 Å². The summed E-state index contributed by atoms with van der Waals surface area (Å²) >= 11 is 18.3. The van der Waals surface area contributed by atoms with Crippen molar-refractivity contribution in [2.45, 2.75) is 44.8 Å². The van der Waals surface area contributed by atoms with Gasteiger partial charge in [0.05, 0.1) is 22.3 Å². The van der Waals surface area contributed by atoms with Crippen LogP contribution in [0, 0.1) is 5.92 Å². The maximum Gasteiger partial charge on any atom is 0.226 e. The molecule has 2 aliphatic rings. The lowest BCUT2D eigenvalue weighted by atomic mass is 10.0. The van der Waals surface area contributed by atoms with Crippen LogP contribution in [0.3, 0.4) is 0 Å². The van der Waals surface area contributed by atoms with Crippen molar-refractivity contribution >= 4 is 46.4 Å². The minimum atomic E-state index is -0.195. The molecule has 4 rings (SSSR count). The number of carbonyl (C=O) groups excluding carboxylic acids is 1. The van der Waals surface area contributed by atoms with Crippen molar-refractivity contribution in [3.05, 3.63) is 68.7 Å². The fourth-order valence-corrected chi connectivity index (χ4v) is 4.65. The van der Waals surface area contributed by atoms with Gasteiger partial charge in [-0.1, -0.05) is 71.0 Å². The normalized spacial score (nSPS) is 18.9. The molecule has 30 heavy (non-hydrogen) atoms. The lowest BCUT2D eigenvalue weighted by molar-refractivity contribution is -0.137. The molecule has 4 nitrogen and oxygen atoms in total. The molecule has 0 spiro atoms. The molecule has 7 heteroatoms. The van der Waals surface area contributed by atoms with Crippen molar-refractivity contribution in [1.29, 1.82) is 0 Å². The van der Waals surface area contributed by atoms with Gasteiger partial charge in [0.15, 0.2) is 6.10 Å². The summed E-state index contributed by atoms with van der Waals surface area (Å²) in [4.78, 5) is 20.8. The molecule has 1 amide bonds. The molecule has 1 aliphatic heterocycles. The minimum Gasteiger partial charge on any atom is -0.390 e. The summed E-state index contributed by atoms with van der Waals surface area (Å²) < 4.78 is 0. The van der Waals surface area contributed by atoms with Gasteiger partial charge in [-0.25, -0.2) is 0 Å². The van der Waals surface area contributed by atoms with Crippen LogP contribution in [-0.2, 0) is 16.2 Å². The first-order valence-corrected chi connectivity index (χ1v) is 11.3. The van der Waals surface area contributed by atoms with Crippen LogP contribution in [0.2, 0.25) is 15.1 Å². The van der Waals surface area contributed by atoms with Gasteiger partial charge in [0.25, 0.3) is 0 Å². The minimum absolute atomic E-state index is 0.0982. The van der Waals surface area contributed by atoms with Gasteiger partial charge >= 0.3 is 0 Å². The number of rotatable bonds is 6. The number of halogens is 3. The van der Waals surface area contributed by atoms with E-state index in [1.165, 1.54) is 0 Å². The highest BCUT2D eigenvalue weighted by Crippen LogP contribution is 2.29. The maximum atomic E-state index is 13.2. The van der Waals surface area contributed by atoms with Gasteiger partial charge in [-0.3, -0.25) is 4.79 Å². The van der Waals surface area contributed by atoms with Crippen molar-refractivity contribution in [3.8, 4) is 0 Å². The van der Waals surface area contributed by atoms with Gasteiger partial charge in [-0.2, -0.15) is 0 Å². The van der Waals surface area contributed by atoms with E-state index in [0.717, 1.165) is 42.5 Å². The van der Waals surface area contributed by atoms with Crippen LogP contribution in [0.5, 0.6) is 0 Å². The molecule has 1 saturated carbocycles. The molecule has 1 heterocycles. The van der Waals surface area contributed by atoms with Gasteiger partial charge in [-0.05, 0) is 42.7 Å². The zero-order chi connectivity index (χ0) is 21.1. The average molecular weight is 466 g/mol. The molecule has 0 aromatic heterocycles. The summed E-state index contributed by atoms with van der Waals surface area (Å²) in [5, 5.41) is 5.91.